The van der Waals surface area contributed by atoms with Gasteiger partial charge in [0.1, 0.15) is 17.2 Å². The summed E-state index contributed by atoms with van der Waals surface area (Å²) in [4.78, 5) is 9.44. The molecule has 1 aromatic carbocycles. The number of nitrogens with one attached hydrogen (secondary N) is 1. The minimum atomic E-state index is -1.04. The summed E-state index contributed by atoms with van der Waals surface area (Å²) in [5.41, 5.74) is 1.63. The Morgan fingerprint density at radius 3 is 1.97 bits per heavy atom. The van der Waals surface area contributed by atoms with Crippen molar-refractivity contribution < 1.29 is 19.3 Å². The van der Waals surface area contributed by atoms with E-state index in [0.29, 0.717) is 51.8 Å². The van der Waals surface area contributed by atoms with E-state index in [9.17, 15) is 5.11 Å². The van der Waals surface area contributed by atoms with Gasteiger partial charge in [-0.2, -0.15) is 0 Å². The van der Waals surface area contributed by atoms with Crippen molar-refractivity contribution in [2.24, 2.45) is 0 Å². The van der Waals surface area contributed by atoms with Gasteiger partial charge in [-0.05, 0) is 51.3 Å². The average molecular weight is 404 g/mol. The number of rotatable bonds is 9. The summed E-state index contributed by atoms with van der Waals surface area (Å²) in [6, 6.07) is 3.88. The third-order valence-corrected chi connectivity index (χ3v) is 5.01. The first-order valence-electron chi connectivity index (χ1n) is 9.88. The summed E-state index contributed by atoms with van der Waals surface area (Å²) in [5.74, 6) is 2.12. The molecule has 0 amide bonds. The molecule has 160 valence electrons. The predicted molar refractivity (Wildman–Crippen MR) is 115 cm³/mol. The lowest BCUT2D eigenvalue weighted by molar-refractivity contribution is 0.0781. The largest absolute Gasteiger partial charge is 0.496 e. The van der Waals surface area contributed by atoms with Crippen LogP contribution in [0.4, 0.5) is 5.82 Å². The number of methoxy groups -OCH3 is 3. The molecule has 0 bridgehead atoms. The van der Waals surface area contributed by atoms with Crippen molar-refractivity contribution in [3.63, 3.8) is 0 Å². The van der Waals surface area contributed by atoms with Gasteiger partial charge in [0.25, 0.3) is 5.88 Å². The fraction of sp³-hybridized carbons (Fsp3) is 0.545. The number of aromatic nitrogens is 2. The quantitative estimate of drug-likeness (QED) is 0.645. The van der Waals surface area contributed by atoms with Crippen molar-refractivity contribution in [1.29, 1.82) is 0 Å². The number of hydrogen-bond acceptors (Lipinski definition) is 7. The van der Waals surface area contributed by atoms with Crippen LogP contribution in [-0.2, 0) is 5.60 Å². The molecule has 0 aliphatic carbocycles. The van der Waals surface area contributed by atoms with E-state index in [1.807, 2.05) is 6.92 Å². The van der Waals surface area contributed by atoms with Crippen molar-refractivity contribution in [2.45, 2.75) is 59.1 Å². The number of anilines is 1. The van der Waals surface area contributed by atoms with Gasteiger partial charge in [-0.1, -0.05) is 13.8 Å². The van der Waals surface area contributed by atoms with Crippen LogP contribution in [-0.4, -0.2) is 42.4 Å². The van der Waals surface area contributed by atoms with Crippen LogP contribution in [0.1, 0.15) is 51.8 Å². The summed E-state index contributed by atoms with van der Waals surface area (Å²) in [6.45, 7) is 9.58. The molecule has 1 heterocycles. The van der Waals surface area contributed by atoms with E-state index < -0.39 is 5.60 Å². The van der Waals surface area contributed by atoms with Crippen molar-refractivity contribution in [3.05, 3.63) is 23.4 Å². The van der Waals surface area contributed by atoms with Crippen LogP contribution in [0.15, 0.2) is 12.1 Å². The number of aryl methyl sites for hydroxylation is 1. The minimum Gasteiger partial charge on any atom is -0.496 e. The fourth-order valence-electron chi connectivity index (χ4n) is 3.16. The molecule has 7 heteroatoms. The Balaban J connectivity index is 2.68. The number of nitrogens with zero attached hydrogens (tertiary/aromatic N) is 2. The zero-order valence-electron chi connectivity index (χ0n) is 18.7. The molecule has 2 N–H and O–H groups in total. The highest BCUT2D eigenvalue weighted by molar-refractivity contribution is 5.77. The molecule has 0 saturated carbocycles. The fourth-order valence-corrected chi connectivity index (χ4v) is 3.16. The summed E-state index contributed by atoms with van der Waals surface area (Å²) < 4.78 is 16.8. The number of hydrogen-bond donors (Lipinski definition) is 2. The van der Waals surface area contributed by atoms with E-state index >= 15 is 0 Å². The lowest BCUT2D eigenvalue weighted by Crippen LogP contribution is -2.19. The van der Waals surface area contributed by atoms with Gasteiger partial charge >= 0.3 is 0 Å². The first kappa shape index (κ1) is 22.7. The van der Waals surface area contributed by atoms with Crippen LogP contribution in [0.5, 0.6) is 17.4 Å². The van der Waals surface area contributed by atoms with Crippen molar-refractivity contribution in [3.8, 4) is 28.6 Å². The third kappa shape index (κ3) is 4.90. The molecule has 0 aliphatic heterocycles. The first-order valence-corrected chi connectivity index (χ1v) is 9.88. The monoisotopic (exact) mass is 403 g/mol. The van der Waals surface area contributed by atoms with Gasteiger partial charge < -0.3 is 24.6 Å². The Labute approximate surface area is 173 Å². The molecule has 0 spiro atoms. The van der Waals surface area contributed by atoms with Crippen LogP contribution in [0.2, 0.25) is 0 Å². The van der Waals surface area contributed by atoms with Gasteiger partial charge in [0.2, 0.25) is 0 Å². The highest BCUT2D eigenvalue weighted by Crippen LogP contribution is 2.43. The Morgan fingerprint density at radius 2 is 1.55 bits per heavy atom. The molecule has 0 radical (unpaired) electrons. The van der Waals surface area contributed by atoms with Gasteiger partial charge in [0, 0.05) is 6.04 Å². The van der Waals surface area contributed by atoms with Crippen molar-refractivity contribution >= 4 is 5.82 Å². The van der Waals surface area contributed by atoms with Crippen LogP contribution < -0.4 is 19.5 Å². The third-order valence-electron chi connectivity index (χ3n) is 5.01. The van der Waals surface area contributed by atoms with Crippen molar-refractivity contribution in [1.82, 2.24) is 9.97 Å². The maximum atomic E-state index is 10.4. The highest BCUT2D eigenvalue weighted by Gasteiger charge is 2.25. The first-order chi connectivity index (χ1) is 13.7. The lowest BCUT2D eigenvalue weighted by atomic mass is 9.94. The Hall–Kier alpha value is -2.54. The summed E-state index contributed by atoms with van der Waals surface area (Å²) in [6.07, 6.45) is 1.95. The summed E-state index contributed by atoms with van der Waals surface area (Å²) >= 11 is 0. The van der Waals surface area contributed by atoms with Gasteiger partial charge in [-0.3, -0.25) is 0 Å². The average Bonchev–Trinajstić information content (AvgIpc) is 2.70. The zero-order chi connectivity index (χ0) is 21.8. The van der Waals surface area contributed by atoms with Crippen molar-refractivity contribution in [2.75, 3.05) is 26.6 Å². The molecule has 0 saturated heterocycles. The topological polar surface area (TPSA) is 85.7 Å². The summed E-state index contributed by atoms with van der Waals surface area (Å²) in [5, 5.41) is 13.8. The molecule has 0 atom stereocenters. The molecular formula is C22H33N3O4. The highest BCUT2D eigenvalue weighted by atomic mass is 16.5. The van der Waals surface area contributed by atoms with Crippen LogP contribution in [0.25, 0.3) is 11.3 Å². The van der Waals surface area contributed by atoms with E-state index in [1.54, 1.807) is 47.3 Å². The molecule has 0 fully saturated rings. The maximum absolute atomic E-state index is 10.4. The van der Waals surface area contributed by atoms with Gasteiger partial charge in [-0.25, -0.2) is 9.97 Å². The Morgan fingerprint density at radius 1 is 1.00 bits per heavy atom. The normalized spacial score (nSPS) is 11.5. The van der Waals surface area contributed by atoms with Crippen LogP contribution in [0, 0.1) is 6.92 Å². The molecule has 1 aromatic heterocycles. The summed E-state index contributed by atoms with van der Waals surface area (Å²) in [7, 11) is 4.73. The molecule has 7 nitrogen and oxygen atoms in total. The predicted octanol–water partition coefficient (Wildman–Crippen LogP) is 4.31. The lowest BCUT2D eigenvalue weighted by Gasteiger charge is -2.23. The number of benzene rings is 1. The van der Waals surface area contributed by atoms with E-state index in [0.717, 1.165) is 12.8 Å². The van der Waals surface area contributed by atoms with E-state index in [-0.39, 0.29) is 0 Å². The number of aliphatic hydroxyl groups is 1. The second kappa shape index (κ2) is 9.31. The van der Waals surface area contributed by atoms with Crippen LogP contribution in [0.3, 0.4) is 0 Å². The van der Waals surface area contributed by atoms with E-state index in [1.165, 1.54) is 0 Å². The molecule has 2 aromatic rings. The molecule has 2 rings (SSSR count). The zero-order valence-corrected chi connectivity index (χ0v) is 18.7. The molecule has 0 aliphatic rings. The standard InChI is InChI=1S/C22H33N3O4/c1-9-15(10-2)24-20-21(29-8)25-19(13(3)23-20)18-16(27-6)11-14(22(4,5)26)12-17(18)28-7/h11-12,15,26H,9-10H2,1-8H3,(H,23,24). The van der Waals surface area contributed by atoms with Gasteiger partial charge in [0.15, 0.2) is 5.82 Å². The molecular weight excluding hydrogens is 370 g/mol. The van der Waals surface area contributed by atoms with Gasteiger partial charge in [-0.15, -0.1) is 0 Å². The van der Waals surface area contributed by atoms with E-state index in [4.69, 9.17) is 24.2 Å². The van der Waals surface area contributed by atoms with Crippen LogP contribution >= 0.6 is 0 Å². The smallest absolute Gasteiger partial charge is 0.257 e. The second-order valence-corrected chi connectivity index (χ2v) is 7.49. The van der Waals surface area contributed by atoms with E-state index in [2.05, 4.69) is 19.2 Å². The maximum Gasteiger partial charge on any atom is 0.257 e. The Kier molecular flexibility index (Phi) is 7.30. The van der Waals surface area contributed by atoms with Gasteiger partial charge in [0.05, 0.1) is 38.2 Å². The molecule has 29 heavy (non-hydrogen) atoms. The SMILES string of the molecule is CCC(CC)Nc1nc(C)c(-c2c(OC)cc(C(C)(C)O)cc2OC)nc1OC. The minimum absolute atomic E-state index is 0.290. The molecule has 0 unspecified atom stereocenters. The number of ether oxygens (including phenoxy) is 3. The Bertz CT molecular complexity index is 818. The second-order valence-electron chi connectivity index (χ2n) is 7.49.